The van der Waals surface area contributed by atoms with E-state index in [0.29, 0.717) is 11.4 Å². The molecule has 0 atom stereocenters. The monoisotopic (exact) mass is 228 g/mol. The number of carbonyl (C=O) groups is 1. The zero-order valence-electron chi connectivity index (χ0n) is 9.04. The van der Waals surface area contributed by atoms with Crippen LogP contribution in [0.3, 0.4) is 0 Å². The molecule has 0 unspecified atom stereocenters. The lowest BCUT2D eigenvalue weighted by molar-refractivity contribution is 0.0948. The molecule has 4 nitrogen and oxygen atoms in total. The van der Waals surface area contributed by atoms with E-state index in [-0.39, 0.29) is 12.5 Å². The van der Waals surface area contributed by atoms with Crippen molar-refractivity contribution in [3.63, 3.8) is 0 Å². The number of amides is 1. The molecule has 0 aromatic carbocycles. The predicted molar refractivity (Wildman–Crippen MR) is 60.3 cm³/mol. The van der Waals surface area contributed by atoms with Crippen molar-refractivity contribution < 1.29 is 9.90 Å². The maximum Gasteiger partial charge on any atom is 0.263 e. The fourth-order valence-electron chi connectivity index (χ4n) is 1.23. The minimum absolute atomic E-state index is 0.0363. The SMILES string of the molecule is CCCc1nc(C)c(C(=O)NCCO)s1. The van der Waals surface area contributed by atoms with Gasteiger partial charge in [-0.25, -0.2) is 4.98 Å². The third-order valence-corrected chi connectivity index (χ3v) is 3.12. The number of hydrogen-bond donors (Lipinski definition) is 2. The summed E-state index contributed by atoms with van der Waals surface area (Å²) in [6, 6.07) is 0. The van der Waals surface area contributed by atoms with Crippen molar-refractivity contribution in [3.05, 3.63) is 15.6 Å². The predicted octanol–water partition coefficient (Wildman–Crippen LogP) is 1.13. The summed E-state index contributed by atoms with van der Waals surface area (Å²) in [6.07, 6.45) is 1.95. The number of nitrogens with one attached hydrogen (secondary N) is 1. The number of carbonyl (C=O) groups excluding carboxylic acids is 1. The lowest BCUT2D eigenvalue weighted by Crippen LogP contribution is -2.26. The molecule has 0 bridgehead atoms. The van der Waals surface area contributed by atoms with E-state index in [1.165, 1.54) is 11.3 Å². The molecular weight excluding hydrogens is 212 g/mol. The zero-order valence-corrected chi connectivity index (χ0v) is 9.86. The second-order valence-electron chi connectivity index (χ2n) is 3.25. The molecule has 1 heterocycles. The smallest absolute Gasteiger partial charge is 0.263 e. The molecule has 5 heteroatoms. The van der Waals surface area contributed by atoms with Gasteiger partial charge in [0.15, 0.2) is 0 Å². The van der Waals surface area contributed by atoms with Gasteiger partial charge in [-0.2, -0.15) is 0 Å². The number of aliphatic hydroxyl groups excluding tert-OH is 1. The normalized spacial score (nSPS) is 10.3. The van der Waals surface area contributed by atoms with Crippen LogP contribution in [-0.4, -0.2) is 29.1 Å². The molecule has 0 aliphatic rings. The first-order chi connectivity index (χ1) is 7.19. The lowest BCUT2D eigenvalue weighted by Gasteiger charge is -1.99. The summed E-state index contributed by atoms with van der Waals surface area (Å²) >= 11 is 1.44. The average Bonchev–Trinajstić information content (AvgIpc) is 2.57. The number of aliphatic hydroxyl groups is 1. The van der Waals surface area contributed by atoms with Crippen molar-refractivity contribution in [1.29, 1.82) is 0 Å². The van der Waals surface area contributed by atoms with Gasteiger partial charge in [0.2, 0.25) is 0 Å². The van der Waals surface area contributed by atoms with E-state index in [1.54, 1.807) is 0 Å². The first-order valence-corrected chi connectivity index (χ1v) is 5.86. The molecule has 1 rings (SSSR count). The molecular formula is C10H16N2O2S. The van der Waals surface area contributed by atoms with Gasteiger partial charge in [0.1, 0.15) is 4.88 Å². The Morgan fingerprint density at radius 1 is 1.60 bits per heavy atom. The highest BCUT2D eigenvalue weighted by Crippen LogP contribution is 2.18. The van der Waals surface area contributed by atoms with E-state index < -0.39 is 0 Å². The quantitative estimate of drug-likeness (QED) is 0.794. The van der Waals surface area contributed by atoms with E-state index in [0.717, 1.165) is 23.5 Å². The zero-order chi connectivity index (χ0) is 11.3. The highest BCUT2D eigenvalue weighted by Gasteiger charge is 2.13. The molecule has 1 aromatic heterocycles. The van der Waals surface area contributed by atoms with Crippen LogP contribution in [0.15, 0.2) is 0 Å². The Balaban J connectivity index is 2.71. The van der Waals surface area contributed by atoms with Gasteiger partial charge >= 0.3 is 0 Å². The maximum absolute atomic E-state index is 11.6. The standard InChI is InChI=1S/C10H16N2O2S/c1-3-4-8-12-7(2)9(15-8)10(14)11-5-6-13/h13H,3-6H2,1-2H3,(H,11,14). The van der Waals surface area contributed by atoms with E-state index in [9.17, 15) is 4.79 Å². The number of aryl methyl sites for hydroxylation is 2. The van der Waals surface area contributed by atoms with Crippen LogP contribution in [0, 0.1) is 6.92 Å². The fraction of sp³-hybridized carbons (Fsp3) is 0.600. The molecule has 0 fully saturated rings. The summed E-state index contributed by atoms with van der Waals surface area (Å²) in [5, 5.41) is 12.2. The molecule has 0 aliphatic heterocycles. The minimum Gasteiger partial charge on any atom is -0.395 e. The maximum atomic E-state index is 11.6. The van der Waals surface area contributed by atoms with E-state index >= 15 is 0 Å². The van der Waals surface area contributed by atoms with E-state index in [2.05, 4.69) is 17.2 Å². The first kappa shape index (κ1) is 12.1. The Bertz CT molecular complexity index is 336. The third kappa shape index (κ3) is 3.28. The summed E-state index contributed by atoms with van der Waals surface area (Å²) in [4.78, 5) is 16.6. The molecule has 0 radical (unpaired) electrons. The largest absolute Gasteiger partial charge is 0.395 e. The van der Waals surface area contributed by atoms with Crippen molar-refractivity contribution in [2.45, 2.75) is 26.7 Å². The topological polar surface area (TPSA) is 62.2 Å². The third-order valence-electron chi connectivity index (χ3n) is 1.91. The van der Waals surface area contributed by atoms with Gasteiger partial charge < -0.3 is 10.4 Å². The second kappa shape index (κ2) is 5.82. The van der Waals surface area contributed by atoms with Crippen LogP contribution in [0.5, 0.6) is 0 Å². The summed E-state index contributed by atoms with van der Waals surface area (Å²) in [5.74, 6) is -0.138. The van der Waals surface area contributed by atoms with Gasteiger partial charge in [-0.15, -0.1) is 11.3 Å². The Labute approximate surface area is 93.4 Å². The van der Waals surface area contributed by atoms with E-state index in [1.807, 2.05) is 6.92 Å². The van der Waals surface area contributed by atoms with Crippen molar-refractivity contribution in [2.75, 3.05) is 13.2 Å². The molecule has 1 aromatic rings. The number of thiazole rings is 1. The van der Waals surface area contributed by atoms with Gasteiger partial charge in [-0.05, 0) is 19.8 Å². The lowest BCUT2D eigenvalue weighted by atomic mass is 10.3. The summed E-state index contributed by atoms with van der Waals surface area (Å²) in [6.45, 7) is 4.18. The Kier molecular flexibility index (Phi) is 4.71. The number of rotatable bonds is 5. The number of hydrogen-bond acceptors (Lipinski definition) is 4. The molecule has 2 N–H and O–H groups in total. The van der Waals surface area contributed by atoms with Crippen LogP contribution in [0.1, 0.15) is 33.7 Å². The van der Waals surface area contributed by atoms with Crippen LogP contribution >= 0.6 is 11.3 Å². The fourth-order valence-corrected chi connectivity index (χ4v) is 2.32. The van der Waals surface area contributed by atoms with Gasteiger partial charge in [-0.3, -0.25) is 4.79 Å². The Morgan fingerprint density at radius 3 is 2.93 bits per heavy atom. The van der Waals surface area contributed by atoms with E-state index in [4.69, 9.17) is 5.11 Å². The molecule has 15 heavy (non-hydrogen) atoms. The number of nitrogens with zero attached hydrogens (tertiary/aromatic N) is 1. The molecule has 0 saturated heterocycles. The summed E-state index contributed by atoms with van der Waals surface area (Å²) in [7, 11) is 0. The molecule has 0 saturated carbocycles. The van der Waals surface area contributed by atoms with Crippen molar-refractivity contribution >= 4 is 17.2 Å². The van der Waals surface area contributed by atoms with Crippen molar-refractivity contribution in [1.82, 2.24) is 10.3 Å². The molecule has 0 spiro atoms. The van der Waals surface area contributed by atoms with Gasteiger partial charge in [0.05, 0.1) is 17.3 Å². The van der Waals surface area contributed by atoms with Gasteiger partial charge in [0.25, 0.3) is 5.91 Å². The van der Waals surface area contributed by atoms with Crippen molar-refractivity contribution in [2.24, 2.45) is 0 Å². The van der Waals surface area contributed by atoms with Gasteiger partial charge in [0, 0.05) is 6.54 Å². The highest BCUT2D eigenvalue weighted by atomic mass is 32.1. The van der Waals surface area contributed by atoms with Crippen LogP contribution < -0.4 is 5.32 Å². The summed E-state index contributed by atoms with van der Waals surface area (Å²) in [5.41, 5.74) is 0.777. The Morgan fingerprint density at radius 2 is 2.33 bits per heavy atom. The van der Waals surface area contributed by atoms with Gasteiger partial charge in [-0.1, -0.05) is 6.92 Å². The second-order valence-corrected chi connectivity index (χ2v) is 4.34. The minimum atomic E-state index is -0.138. The first-order valence-electron chi connectivity index (χ1n) is 5.04. The Hall–Kier alpha value is -0.940. The van der Waals surface area contributed by atoms with Crippen molar-refractivity contribution in [3.8, 4) is 0 Å². The van der Waals surface area contributed by atoms with Crippen LogP contribution in [0.4, 0.5) is 0 Å². The summed E-state index contributed by atoms with van der Waals surface area (Å²) < 4.78 is 0. The molecule has 0 aliphatic carbocycles. The average molecular weight is 228 g/mol. The van der Waals surface area contributed by atoms with Crippen LogP contribution in [-0.2, 0) is 6.42 Å². The van der Waals surface area contributed by atoms with Crippen LogP contribution in [0.2, 0.25) is 0 Å². The number of aromatic nitrogens is 1. The highest BCUT2D eigenvalue weighted by molar-refractivity contribution is 7.13. The molecule has 84 valence electrons. The molecule has 1 amide bonds. The van der Waals surface area contributed by atoms with Crippen LogP contribution in [0.25, 0.3) is 0 Å².